The summed E-state index contributed by atoms with van der Waals surface area (Å²) in [5.74, 6) is -0.573. The van der Waals surface area contributed by atoms with Crippen molar-refractivity contribution in [3.63, 3.8) is 0 Å². The Kier molecular flexibility index (Phi) is 6.84. The molecule has 0 unspecified atom stereocenters. The number of carbonyl (C=O) groups is 2. The lowest BCUT2D eigenvalue weighted by atomic mass is 10.2. The number of nitrogens with zero attached hydrogens (tertiary/aromatic N) is 2. The lowest BCUT2D eigenvalue weighted by Crippen LogP contribution is -2.28. The maximum absolute atomic E-state index is 12.7. The van der Waals surface area contributed by atoms with Crippen molar-refractivity contribution < 1.29 is 31.9 Å². The molecule has 1 fully saturated rings. The predicted octanol–water partition coefficient (Wildman–Crippen LogP) is 3.82. The van der Waals surface area contributed by atoms with Crippen LogP contribution in [0, 0.1) is 10.1 Å². The number of para-hydroxylation sites is 1. The van der Waals surface area contributed by atoms with Crippen molar-refractivity contribution >= 4 is 44.8 Å². The van der Waals surface area contributed by atoms with E-state index in [0.717, 1.165) is 28.8 Å². The second-order valence-corrected chi connectivity index (χ2v) is 9.01. The number of thioether (sulfide) groups is 1. The summed E-state index contributed by atoms with van der Waals surface area (Å²) in [6.45, 7) is 2.18. The molecular formula is C20H18N2O8S2. The van der Waals surface area contributed by atoms with Crippen LogP contribution in [0.25, 0.3) is 6.08 Å². The largest absolute Gasteiger partial charge is 0.493 e. The van der Waals surface area contributed by atoms with Crippen LogP contribution < -0.4 is 8.92 Å². The molecule has 0 atom stereocenters. The Bertz CT molecular complexity index is 1220. The average Bonchev–Trinajstić information content (AvgIpc) is 3.02. The fourth-order valence-electron chi connectivity index (χ4n) is 2.89. The molecule has 1 saturated heterocycles. The third kappa shape index (κ3) is 4.75. The molecule has 2 aromatic carbocycles. The van der Waals surface area contributed by atoms with Crippen molar-refractivity contribution in [2.45, 2.75) is 18.2 Å². The fraction of sp³-hybridized carbons (Fsp3) is 0.200. The number of ether oxygens (including phenoxy) is 1. The highest BCUT2D eigenvalue weighted by Gasteiger charge is 2.34. The molecular weight excluding hydrogens is 460 g/mol. The highest BCUT2D eigenvalue weighted by Crippen LogP contribution is 2.36. The van der Waals surface area contributed by atoms with Crippen LogP contribution in [0.4, 0.5) is 10.5 Å². The summed E-state index contributed by atoms with van der Waals surface area (Å²) in [7, 11) is -3.24. The quantitative estimate of drug-likeness (QED) is 0.240. The van der Waals surface area contributed by atoms with Gasteiger partial charge in [0.25, 0.3) is 16.8 Å². The van der Waals surface area contributed by atoms with Crippen molar-refractivity contribution in [1.29, 1.82) is 0 Å². The second kappa shape index (κ2) is 9.40. The third-order valence-corrected chi connectivity index (χ3v) is 6.53. The molecule has 0 spiro atoms. The van der Waals surface area contributed by atoms with E-state index in [4.69, 9.17) is 8.92 Å². The van der Waals surface area contributed by atoms with Gasteiger partial charge in [-0.1, -0.05) is 25.1 Å². The lowest BCUT2D eigenvalue weighted by Gasteiger charge is -2.12. The van der Waals surface area contributed by atoms with E-state index in [1.54, 1.807) is 0 Å². The summed E-state index contributed by atoms with van der Waals surface area (Å²) in [6.07, 6.45) is 2.13. The third-order valence-electron chi connectivity index (χ3n) is 4.34. The highest BCUT2D eigenvalue weighted by molar-refractivity contribution is 8.18. The van der Waals surface area contributed by atoms with Crippen LogP contribution in [0.15, 0.2) is 52.3 Å². The molecule has 0 radical (unpaired) electrons. The molecule has 0 bridgehead atoms. The molecule has 0 saturated carbocycles. The van der Waals surface area contributed by atoms with Crippen LogP contribution in [0.3, 0.4) is 0 Å². The monoisotopic (exact) mass is 478 g/mol. The van der Waals surface area contributed by atoms with Crippen molar-refractivity contribution in [2.24, 2.45) is 0 Å². The van der Waals surface area contributed by atoms with Crippen LogP contribution >= 0.6 is 11.8 Å². The number of amides is 2. The number of hydrogen-bond acceptors (Lipinski definition) is 9. The van der Waals surface area contributed by atoms with E-state index in [2.05, 4.69) is 0 Å². The predicted molar refractivity (Wildman–Crippen MR) is 117 cm³/mol. The van der Waals surface area contributed by atoms with E-state index >= 15 is 0 Å². The molecule has 0 N–H and O–H groups in total. The van der Waals surface area contributed by atoms with Crippen LogP contribution in [0.1, 0.15) is 18.9 Å². The molecule has 10 nitrogen and oxygen atoms in total. The first kappa shape index (κ1) is 23.3. The minimum absolute atomic E-state index is 0.0219. The molecule has 32 heavy (non-hydrogen) atoms. The van der Waals surface area contributed by atoms with Gasteiger partial charge in [-0.15, -0.1) is 0 Å². The van der Waals surface area contributed by atoms with E-state index < -0.39 is 31.5 Å². The SMILES string of the molecule is CCCN1C(=O)S/C(=C\c2ccc(OS(=O)(=O)c3ccccc3[N+](=O)[O-])c(OC)c2)C1=O. The molecule has 1 heterocycles. The first-order valence-electron chi connectivity index (χ1n) is 9.29. The fourth-order valence-corrected chi connectivity index (χ4v) is 4.87. The number of hydrogen-bond donors (Lipinski definition) is 0. The van der Waals surface area contributed by atoms with Crippen LogP contribution in [-0.2, 0) is 14.9 Å². The van der Waals surface area contributed by atoms with Crippen molar-refractivity contribution in [3.05, 3.63) is 63.0 Å². The number of nitro benzene ring substituents is 1. The zero-order chi connectivity index (χ0) is 23.5. The van der Waals surface area contributed by atoms with E-state index in [9.17, 15) is 28.1 Å². The van der Waals surface area contributed by atoms with Crippen molar-refractivity contribution in [1.82, 2.24) is 4.90 Å². The number of imide groups is 1. The van der Waals surface area contributed by atoms with Gasteiger partial charge in [-0.25, -0.2) is 0 Å². The van der Waals surface area contributed by atoms with Gasteiger partial charge in [0.2, 0.25) is 0 Å². The van der Waals surface area contributed by atoms with Crippen LogP contribution in [0.2, 0.25) is 0 Å². The lowest BCUT2D eigenvalue weighted by molar-refractivity contribution is -0.387. The van der Waals surface area contributed by atoms with Crippen LogP contribution in [0.5, 0.6) is 11.5 Å². The Morgan fingerprint density at radius 2 is 1.88 bits per heavy atom. The van der Waals surface area contributed by atoms with E-state index in [0.29, 0.717) is 18.5 Å². The zero-order valence-corrected chi connectivity index (χ0v) is 18.6. The standard InChI is InChI=1S/C20H18N2O8S2/c1-3-10-21-19(23)17(31-20(21)24)12-13-8-9-15(16(11-13)29-2)30-32(27,28)18-7-5-4-6-14(18)22(25)26/h4-9,11-12H,3,10H2,1-2H3/b17-12-. The van der Waals surface area contributed by atoms with E-state index in [1.807, 2.05) is 6.92 Å². The number of carbonyl (C=O) groups excluding carboxylic acids is 2. The van der Waals surface area contributed by atoms with Crippen LogP contribution in [-0.4, -0.2) is 43.0 Å². The molecule has 1 aliphatic heterocycles. The summed E-state index contributed by atoms with van der Waals surface area (Å²) < 4.78 is 35.6. The van der Waals surface area contributed by atoms with Gasteiger partial charge in [0, 0.05) is 12.6 Å². The number of nitro groups is 1. The Labute approximate surface area is 188 Å². The van der Waals surface area contributed by atoms with Gasteiger partial charge in [-0.3, -0.25) is 24.6 Å². The average molecular weight is 479 g/mol. The minimum Gasteiger partial charge on any atom is -0.493 e. The number of rotatable bonds is 8. The normalized spacial score (nSPS) is 15.3. The summed E-state index contributed by atoms with van der Waals surface area (Å²) in [5.41, 5.74) is -0.148. The Balaban J connectivity index is 1.91. The second-order valence-electron chi connectivity index (χ2n) is 6.51. The van der Waals surface area contributed by atoms with E-state index in [1.165, 1.54) is 43.5 Å². The smallest absolute Gasteiger partial charge is 0.346 e. The molecule has 2 aromatic rings. The Morgan fingerprint density at radius 1 is 1.16 bits per heavy atom. The first-order chi connectivity index (χ1) is 15.2. The van der Waals surface area contributed by atoms with Gasteiger partial charge in [0.15, 0.2) is 16.4 Å². The number of benzene rings is 2. The van der Waals surface area contributed by atoms with Crippen molar-refractivity contribution in [3.8, 4) is 11.5 Å². The van der Waals surface area contributed by atoms with Gasteiger partial charge in [-0.05, 0) is 48.0 Å². The summed E-state index contributed by atoms with van der Waals surface area (Å²) in [5, 5.41) is 10.8. The summed E-state index contributed by atoms with van der Waals surface area (Å²) in [4.78, 5) is 35.5. The Morgan fingerprint density at radius 3 is 2.53 bits per heavy atom. The number of methoxy groups -OCH3 is 1. The molecule has 0 aliphatic carbocycles. The first-order valence-corrected chi connectivity index (χ1v) is 11.5. The van der Waals surface area contributed by atoms with E-state index in [-0.39, 0.29) is 21.6 Å². The highest BCUT2D eigenvalue weighted by atomic mass is 32.2. The molecule has 0 aromatic heterocycles. The molecule has 168 valence electrons. The van der Waals surface area contributed by atoms with Gasteiger partial charge >= 0.3 is 10.1 Å². The van der Waals surface area contributed by atoms with Gasteiger partial charge in [-0.2, -0.15) is 8.42 Å². The summed E-state index contributed by atoms with van der Waals surface area (Å²) >= 11 is 0.813. The van der Waals surface area contributed by atoms with Gasteiger partial charge in [0.05, 0.1) is 16.9 Å². The topological polar surface area (TPSA) is 133 Å². The maximum atomic E-state index is 12.7. The molecule has 12 heteroatoms. The molecule has 2 amide bonds. The molecule has 1 aliphatic rings. The zero-order valence-electron chi connectivity index (χ0n) is 17.0. The summed E-state index contributed by atoms with van der Waals surface area (Å²) in [6, 6.07) is 9.01. The van der Waals surface area contributed by atoms with Gasteiger partial charge in [0.1, 0.15) is 0 Å². The van der Waals surface area contributed by atoms with Gasteiger partial charge < -0.3 is 8.92 Å². The minimum atomic E-state index is -4.53. The van der Waals surface area contributed by atoms with Crippen molar-refractivity contribution in [2.75, 3.05) is 13.7 Å². The Hall–Kier alpha value is -3.38. The maximum Gasteiger partial charge on any atom is 0.346 e. The molecule has 3 rings (SSSR count).